The van der Waals surface area contributed by atoms with Crippen LogP contribution in [-0.2, 0) is 10.9 Å². The fourth-order valence-corrected chi connectivity index (χ4v) is 1.49. The molecule has 0 saturated heterocycles. The lowest BCUT2D eigenvalue weighted by molar-refractivity contribution is -0.137. The molecule has 18 heavy (non-hydrogen) atoms. The Kier molecular flexibility index (Phi) is 5.68. The van der Waals surface area contributed by atoms with E-state index in [4.69, 9.17) is 16.3 Å². The number of alkyl halides is 3. The highest BCUT2D eigenvalue weighted by atomic mass is 35.5. The van der Waals surface area contributed by atoms with Crippen molar-refractivity contribution in [3.63, 3.8) is 0 Å². The fourth-order valence-electron chi connectivity index (χ4n) is 1.29. The van der Waals surface area contributed by atoms with Gasteiger partial charge < -0.3 is 10.1 Å². The van der Waals surface area contributed by atoms with Gasteiger partial charge in [0.1, 0.15) is 11.0 Å². The van der Waals surface area contributed by atoms with Gasteiger partial charge in [-0.2, -0.15) is 13.2 Å². The van der Waals surface area contributed by atoms with E-state index in [0.29, 0.717) is 26.2 Å². The lowest BCUT2D eigenvalue weighted by Crippen LogP contribution is -2.10. The van der Waals surface area contributed by atoms with E-state index in [2.05, 4.69) is 10.3 Å². The minimum Gasteiger partial charge on any atom is -0.382 e. The summed E-state index contributed by atoms with van der Waals surface area (Å²) in [6, 6.07) is 1.74. The molecule has 0 atom stereocenters. The predicted octanol–water partition coefficient (Wildman–Crippen LogP) is 3.59. The number of hydrogen-bond donors (Lipinski definition) is 1. The molecule has 1 aromatic heterocycles. The lowest BCUT2D eigenvalue weighted by Gasteiger charge is -2.10. The molecule has 0 unspecified atom stereocenters. The highest BCUT2D eigenvalue weighted by molar-refractivity contribution is 6.29. The van der Waals surface area contributed by atoms with Crippen LogP contribution in [0.25, 0.3) is 0 Å². The molecule has 0 bridgehead atoms. The first kappa shape index (κ1) is 15.0. The molecule has 3 nitrogen and oxygen atoms in total. The van der Waals surface area contributed by atoms with Crippen LogP contribution in [0.3, 0.4) is 0 Å². The summed E-state index contributed by atoms with van der Waals surface area (Å²) in [5, 5.41) is 2.60. The Hall–Kier alpha value is -1.01. The van der Waals surface area contributed by atoms with E-state index < -0.39 is 11.7 Å². The van der Waals surface area contributed by atoms with Crippen LogP contribution in [0.5, 0.6) is 0 Å². The summed E-state index contributed by atoms with van der Waals surface area (Å²) < 4.78 is 42.6. The lowest BCUT2D eigenvalue weighted by atomic mass is 10.2. The van der Waals surface area contributed by atoms with Gasteiger partial charge in [0.25, 0.3) is 0 Å². The van der Waals surface area contributed by atoms with Crippen LogP contribution < -0.4 is 5.32 Å². The number of nitrogens with one attached hydrogen (secondary N) is 1. The summed E-state index contributed by atoms with van der Waals surface area (Å²) >= 11 is 5.54. The second-order valence-corrected chi connectivity index (χ2v) is 3.93. The van der Waals surface area contributed by atoms with Crippen LogP contribution in [0.2, 0.25) is 5.15 Å². The number of rotatable bonds is 6. The molecule has 0 radical (unpaired) electrons. The maximum atomic E-state index is 12.5. The van der Waals surface area contributed by atoms with Crippen LogP contribution in [-0.4, -0.2) is 24.7 Å². The average Bonchev–Trinajstić information content (AvgIpc) is 2.27. The van der Waals surface area contributed by atoms with Crippen molar-refractivity contribution in [3.05, 3.63) is 22.8 Å². The Bertz CT molecular complexity index is 385. The van der Waals surface area contributed by atoms with Crippen molar-refractivity contribution in [2.24, 2.45) is 0 Å². The van der Waals surface area contributed by atoms with Gasteiger partial charge in [-0.25, -0.2) is 4.98 Å². The standard InChI is InChI=1S/C11H14ClF3N2O/c1-2-18-5-3-4-16-10-7-8(11(13,14)15)6-9(12)17-10/h6-7H,2-5H2,1H3,(H,16,17). The van der Waals surface area contributed by atoms with E-state index >= 15 is 0 Å². The van der Waals surface area contributed by atoms with E-state index in [1.807, 2.05) is 6.92 Å². The molecule has 1 N–H and O–H groups in total. The maximum absolute atomic E-state index is 12.5. The van der Waals surface area contributed by atoms with Crippen molar-refractivity contribution in [2.45, 2.75) is 19.5 Å². The first-order valence-electron chi connectivity index (χ1n) is 5.50. The van der Waals surface area contributed by atoms with Gasteiger partial charge in [-0.1, -0.05) is 11.6 Å². The molecule has 102 valence electrons. The number of anilines is 1. The van der Waals surface area contributed by atoms with Crippen LogP contribution in [0.4, 0.5) is 19.0 Å². The van der Waals surface area contributed by atoms with Crippen molar-refractivity contribution < 1.29 is 17.9 Å². The number of hydrogen-bond acceptors (Lipinski definition) is 3. The van der Waals surface area contributed by atoms with Crippen molar-refractivity contribution in [1.29, 1.82) is 0 Å². The molecule has 0 aromatic carbocycles. The molecular formula is C11H14ClF3N2O. The van der Waals surface area contributed by atoms with E-state index in [1.54, 1.807) is 0 Å². The van der Waals surface area contributed by atoms with Crippen LogP contribution in [0.1, 0.15) is 18.9 Å². The smallest absolute Gasteiger partial charge is 0.382 e. The third kappa shape index (κ3) is 5.10. The molecule has 1 heterocycles. The summed E-state index contributed by atoms with van der Waals surface area (Å²) in [5.74, 6) is 0.117. The van der Waals surface area contributed by atoms with Gasteiger partial charge in [0, 0.05) is 19.8 Å². The van der Waals surface area contributed by atoms with Crippen molar-refractivity contribution in [1.82, 2.24) is 4.98 Å². The highest BCUT2D eigenvalue weighted by Gasteiger charge is 2.31. The Morgan fingerprint density at radius 3 is 2.72 bits per heavy atom. The molecule has 0 spiro atoms. The second kappa shape index (κ2) is 6.80. The Balaban J connectivity index is 2.58. The Labute approximate surface area is 108 Å². The third-order valence-corrected chi connectivity index (χ3v) is 2.29. The van der Waals surface area contributed by atoms with E-state index in [9.17, 15) is 13.2 Å². The molecule has 1 rings (SSSR count). The molecule has 7 heteroatoms. The monoisotopic (exact) mass is 282 g/mol. The minimum absolute atomic E-state index is 0.117. The van der Waals surface area contributed by atoms with Crippen LogP contribution in [0.15, 0.2) is 12.1 Å². The largest absolute Gasteiger partial charge is 0.416 e. The van der Waals surface area contributed by atoms with Gasteiger partial charge >= 0.3 is 6.18 Å². The van der Waals surface area contributed by atoms with Crippen molar-refractivity contribution >= 4 is 17.4 Å². The third-order valence-electron chi connectivity index (χ3n) is 2.10. The molecular weight excluding hydrogens is 269 g/mol. The minimum atomic E-state index is -4.42. The zero-order valence-corrected chi connectivity index (χ0v) is 10.6. The van der Waals surface area contributed by atoms with Gasteiger partial charge in [-0.15, -0.1) is 0 Å². The summed E-state index contributed by atoms with van der Waals surface area (Å²) in [7, 11) is 0. The number of aromatic nitrogens is 1. The predicted molar refractivity (Wildman–Crippen MR) is 63.8 cm³/mol. The zero-order chi connectivity index (χ0) is 13.6. The quantitative estimate of drug-likeness (QED) is 0.639. The maximum Gasteiger partial charge on any atom is 0.416 e. The van der Waals surface area contributed by atoms with E-state index in [0.717, 1.165) is 12.1 Å². The number of nitrogens with zero attached hydrogens (tertiary/aromatic N) is 1. The highest BCUT2D eigenvalue weighted by Crippen LogP contribution is 2.31. The molecule has 1 aromatic rings. The zero-order valence-electron chi connectivity index (χ0n) is 9.85. The van der Waals surface area contributed by atoms with Gasteiger partial charge in [-0.3, -0.25) is 0 Å². The fraction of sp³-hybridized carbons (Fsp3) is 0.545. The SMILES string of the molecule is CCOCCCNc1cc(C(F)(F)F)cc(Cl)n1. The first-order valence-corrected chi connectivity index (χ1v) is 5.87. The van der Waals surface area contributed by atoms with Crippen molar-refractivity contribution in [3.8, 4) is 0 Å². The Morgan fingerprint density at radius 2 is 2.11 bits per heavy atom. The van der Waals surface area contributed by atoms with E-state index in [1.165, 1.54) is 0 Å². The van der Waals surface area contributed by atoms with Gasteiger partial charge in [-0.05, 0) is 25.5 Å². The molecule has 0 saturated carbocycles. The van der Waals surface area contributed by atoms with Gasteiger partial charge in [0.05, 0.1) is 5.56 Å². The van der Waals surface area contributed by atoms with Crippen LogP contribution in [0, 0.1) is 0 Å². The normalized spacial score (nSPS) is 11.6. The summed E-state index contributed by atoms with van der Waals surface area (Å²) in [5.41, 5.74) is -0.810. The average molecular weight is 283 g/mol. The van der Waals surface area contributed by atoms with Crippen LogP contribution >= 0.6 is 11.6 Å². The van der Waals surface area contributed by atoms with Gasteiger partial charge in [0.2, 0.25) is 0 Å². The summed E-state index contributed by atoms with van der Waals surface area (Å²) in [4.78, 5) is 3.78. The number of pyridine rings is 1. The topological polar surface area (TPSA) is 34.1 Å². The molecule has 0 fully saturated rings. The molecule has 0 amide bonds. The van der Waals surface area contributed by atoms with Gasteiger partial charge in [0.15, 0.2) is 0 Å². The summed E-state index contributed by atoms with van der Waals surface area (Å²) in [6.07, 6.45) is -3.74. The second-order valence-electron chi connectivity index (χ2n) is 3.54. The number of halogens is 4. The first-order chi connectivity index (χ1) is 8.43. The van der Waals surface area contributed by atoms with E-state index in [-0.39, 0.29) is 11.0 Å². The molecule has 0 aliphatic carbocycles. The summed E-state index contributed by atoms with van der Waals surface area (Å²) in [6.45, 7) is 3.52. The molecule has 0 aliphatic heterocycles. The Morgan fingerprint density at radius 1 is 1.39 bits per heavy atom. The number of ether oxygens (including phenoxy) is 1. The van der Waals surface area contributed by atoms with Crippen molar-refractivity contribution in [2.75, 3.05) is 25.1 Å². The molecule has 0 aliphatic rings.